The van der Waals surface area contributed by atoms with E-state index in [1.54, 1.807) is 0 Å². The lowest BCUT2D eigenvalue weighted by atomic mass is 10.1. The molecule has 0 fully saturated rings. The number of nitrogen functional groups attached to an aromatic ring is 1. The van der Waals surface area contributed by atoms with Gasteiger partial charge in [0.1, 0.15) is 5.82 Å². The number of pyridine rings is 1. The molecule has 0 aliphatic heterocycles. The summed E-state index contributed by atoms with van der Waals surface area (Å²) in [4.78, 5) is 4.28. The van der Waals surface area contributed by atoms with Crippen LogP contribution in [-0.2, 0) is 6.42 Å². The summed E-state index contributed by atoms with van der Waals surface area (Å²) in [5.74, 6) is 0.543. The second-order valence-electron chi connectivity index (χ2n) is 3.24. The minimum absolute atomic E-state index is 0.543. The summed E-state index contributed by atoms with van der Waals surface area (Å²) < 4.78 is 0.859. The number of aromatic nitrogens is 1. The van der Waals surface area contributed by atoms with E-state index in [-0.39, 0.29) is 0 Å². The van der Waals surface area contributed by atoms with E-state index in [1.807, 2.05) is 12.1 Å². The lowest BCUT2D eigenvalue weighted by Gasteiger charge is -2.03. The molecule has 0 bridgehead atoms. The van der Waals surface area contributed by atoms with E-state index in [0.29, 0.717) is 5.82 Å². The van der Waals surface area contributed by atoms with E-state index in [4.69, 9.17) is 5.73 Å². The Bertz CT molecular complexity index is 480. The van der Waals surface area contributed by atoms with E-state index in [1.165, 1.54) is 5.56 Å². The summed E-state index contributed by atoms with van der Waals surface area (Å²) in [5, 5.41) is 1.13. The molecular formula is C11H11BrN2. The van der Waals surface area contributed by atoms with Gasteiger partial charge in [-0.2, -0.15) is 0 Å². The van der Waals surface area contributed by atoms with E-state index < -0.39 is 0 Å². The molecule has 2 nitrogen and oxygen atoms in total. The molecule has 1 aromatic carbocycles. The predicted molar refractivity (Wildman–Crippen MR) is 63.2 cm³/mol. The molecular weight excluding hydrogens is 240 g/mol. The number of nitrogens with two attached hydrogens (primary N) is 1. The van der Waals surface area contributed by atoms with Crippen molar-refractivity contribution in [3.05, 3.63) is 34.3 Å². The molecule has 0 saturated carbocycles. The first-order valence-electron chi connectivity index (χ1n) is 4.55. The van der Waals surface area contributed by atoms with E-state index >= 15 is 0 Å². The minimum atomic E-state index is 0.543. The molecule has 0 radical (unpaired) electrons. The van der Waals surface area contributed by atoms with Crippen LogP contribution >= 0.6 is 15.9 Å². The lowest BCUT2D eigenvalue weighted by Crippen LogP contribution is -1.92. The van der Waals surface area contributed by atoms with Crippen molar-refractivity contribution in [2.24, 2.45) is 0 Å². The number of hydrogen-bond donors (Lipinski definition) is 1. The molecule has 2 N–H and O–H groups in total. The number of hydrogen-bond acceptors (Lipinski definition) is 2. The highest BCUT2D eigenvalue weighted by molar-refractivity contribution is 9.10. The molecule has 0 aliphatic rings. The van der Waals surface area contributed by atoms with Gasteiger partial charge in [0.2, 0.25) is 0 Å². The Balaban J connectivity index is 2.70. The zero-order valence-corrected chi connectivity index (χ0v) is 9.51. The summed E-state index contributed by atoms with van der Waals surface area (Å²) in [7, 11) is 0. The van der Waals surface area contributed by atoms with Crippen molar-refractivity contribution in [1.29, 1.82) is 0 Å². The van der Waals surface area contributed by atoms with Crippen molar-refractivity contribution in [1.82, 2.24) is 4.98 Å². The van der Waals surface area contributed by atoms with Gasteiger partial charge >= 0.3 is 0 Å². The molecule has 0 atom stereocenters. The van der Waals surface area contributed by atoms with Crippen LogP contribution < -0.4 is 5.73 Å². The van der Waals surface area contributed by atoms with Crippen LogP contribution in [0.15, 0.2) is 28.7 Å². The fourth-order valence-corrected chi connectivity index (χ4v) is 1.77. The molecule has 0 spiro atoms. The zero-order valence-electron chi connectivity index (χ0n) is 7.92. The average Bonchev–Trinajstić information content (AvgIpc) is 2.19. The Morgan fingerprint density at radius 2 is 2.14 bits per heavy atom. The second kappa shape index (κ2) is 3.58. The maximum atomic E-state index is 5.70. The molecule has 3 heteroatoms. The van der Waals surface area contributed by atoms with Crippen LogP contribution in [0.25, 0.3) is 10.9 Å². The molecule has 1 heterocycles. The number of anilines is 1. The van der Waals surface area contributed by atoms with Crippen molar-refractivity contribution in [3.8, 4) is 0 Å². The predicted octanol–water partition coefficient (Wildman–Crippen LogP) is 3.14. The van der Waals surface area contributed by atoms with Gasteiger partial charge in [0.25, 0.3) is 0 Å². The van der Waals surface area contributed by atoms with E-state index in [2.05, 4.69) is 40.0 Å². The van der Waals surface area contributed by atoms with Crippen LogP contribution in [0.3, 0.4) is 0 Å². The fourth-order valence-electron chi connectivity index (χ4n) is 1.43. The van der Waals surface area contributed by atoms with Crippen molar-refractivity contribution in [3.63, 3.8) is 0 Å². The molecule has 0 aliphatic carbocycles. The number of fused-ring (bicyclic) bond motifs is 1. The van der Waals surface area contributed by atoms with Gasteiger partial charge in [0, 0.05) is 5.39 Å². The first-order chi connectivity index (χ1) is 6.70. The van der Waals surface area contributed by atoms with E-state index in [0.717, 1.165) is 21.8 Å². The monoisotopic (exact) mass is 250 g/mol. The van der Waals surface area contributed by atoms with Crippen LogP contribution in [0.5, 0.6) is 0 Å². The van der Waals surface area contributed by atoms with Crippen LogP contribution in [0.4, 0.5) is 5.82 Å². The van der Waals surface area contributed by atoms with Gasteiger partial charge in [-0.15, -0.1) is 0 Å². The summed E-state index contributed by atoms with van der Waals surface area (Å²) in [6.45, 7) is 2.14. The Morgan fingerprint density at radius 1 is 1.36 bits per heavy atom. The normalized spacial score (nSPS) is 10.7. The molecule has 14 heavy (non-hydrogen) atoms. The lowest BCUT2D eigenvalue weighted by molar-refractivity contribution is 1.14. The molecule has 0 unspecified atom stereocenters. The van der Waals surface area contributed by atoms with Gasteiger partial charge in [0.15, 0.2) is 0 Å². The van der Waals surface area contributed by atoms with Gasteiger partial charge < -0.3 is 5.73 Å². The highest BCUT2D eigenvalue weighted by Crippen LogP contribution is 2.23. The molecule has 2 aromatic rings. The fraction of sp³-hybridized carbons (Fsp3) is 0.182. The smallest absolute Gasteiger partial charge is 0.138 e. The molecule has 72 valence electrons. The molecule has 1 aromatic heterocycles. The maximum Gasteiger partial charge on any atom is 0.138 e. The number of halogens is 1. The summed E-state index contributed by atoms with van der Waals surface area (Å²) in [6.07, 6.45) is 1.04. The Labute approximate surface area is 91.3 Å². The van der Waals surface area contributed by atoms with Crippen molar-refractivity contribution < 1.29 is 0 Å². The molecule has 0 saturated heterocycles. The summed E-state index contributed by atoms with van der Waals surface area (Å²) in [6, 6.07) is 8.25. The number of rotatable bonds is 1. The van der Waals surface area contributed by atoms with Crippen LogP contribution in [0.1, 0.15) is 12.5 Å². The zero-order chi connectivity index (χ0) is 10.1. The Kier molecular flexibility index (Phi) is 2.42. The third kappa shape index (κ3) is 1.60. The van der Waals surface area contributed by atoms with Gasteiger partial charge in [-0.25, -0.2) is 4.98 Å². The molecule has 0 amide bonds. The van der Waals surface area contributed by atoms with Gasteiger partial charge in [-0.05, 0) is 46.1 Å². The highest BCUT2D eigenvalue weighted by Gasteiger charge is 2.01. The van der Waals surface area contributed by atoms with Gasteiger partial charge in [-0.3, -0.25) is 0 Å². The van der Waals surface area contributed by atoms with Crippen LogP contribution in [-0.4, -0.2) is 4.98 Å². The van der Waals surface area contributed by atoms with Gasteiger partial charge in [-0.1, -0.05) is 13.0 Å². The van der Waals surface area contributed by atoms with Crippen LogP contribution in [0, 0.1) is 0 Å². The SMILES string of the molecule is CCc1ccc2nc(N)c(Br)cc2c1. The average molecular weight is 251 g/mol. The van der Waals surface area contributed by atoms with E-state index in [9.17, 15) is 0 Å². The standard InChI is InChI=1S/C11H11BrN2/c1-2-7-3-4-10-8(5-7)6-9(12)11(13)14-10/h3-6H,2H2,1H3,(H2,13,14). The van der Waals surface area contributed by atoms with Crippen molar-refractivity contribution in [2.45, 2.75) is 13.3 Å². The van der Waals surface area contributed by atoms with Crippen LogP contribution in [0.2, 0.25) is 0 Å². The summed E-state index contributed by atoms with van der Waals surface area (Å²) >= 11 is 3.38. The third-order valence-corrected chi connectivity index (χ3v) is 2.90. The minimum Gasteiger partial charge on any atom is -0.383 e. The first-order valence-corrected chi connectivity index (χ1v) is 5.34. The number of nitrogens with zero attached hydrogens (tertiary/aromatic N) is 1. The maximum absolute atomic E-state index is 5.70. The highest BCUT2D eigenvalue weighted by atomic mass is 79.9. The third-order valence-electron chi connectivity index (χ3n) is 2.27. The Morgan fingerprint density at radius 3 is 2.86 bits per heavy atom. The van der Waals surface area contributed by atoms with Crippen molar-refractivity contribution >= 4 is 32.7 Å². The molecule has 2 rings (SSSR count). The largest absolute Gasteiger partial charge is 0.383 e. The van der Waals surface area contributed by atoms with Crippen molar-refractivity contribution in [2.75, 3.05) is 5.73 Å². The number of aryl methyl sites for hydroxylation is 1. The topological polar surface area (TPSA) is 38.9 Å². The summed E-state index contributed by atoms with van der Waals surface area (Å²) in [5.41, 5.74) is 7.96. The second-order valence-corrected chi connectivity index (χ2v) is 4.09. The van der Waals surface area contributed by atoms with Gasteiger partial charge in [0.05, 0.1) is 9.99 Å². The Hall–Kier alpha value is -1.09. The first kappa shape index (κ1) is 9.46. The number of benzene rings is 1. The quantitative estimate of drug-likeness (QED) is 0.845.